The number of hydrogen-bond acceptors (Lipinski definition) is 2. The minimum absolute atomic E-state index is 0.184. The van der Waals surface area contributed by atoms with Gasteiger partial charge in [0.1, 0.15) is 0 Å². The van der Waals surface area contributed by atoms with Crippen molar-refractivity contribution in [2.75, 3.05) is 6.54 Å². The Bertz CT molecular complexity index is 487. The Morgan fingerprint density at radius 3 is 2.67 bits per heavy atom. The van der Waals surface area contributed by atoms with Crippen LogP contribution < -0.4 is 5.32 Å². The normalized spacial score (nSPS) is 16.9. The van der Waals surface area contributed by atoms with Crippen molar-refractivity contribution in [3.63, 3.8) is 0 Å². The summed E-state index contributed by atoms with van der Waals surface area (Å²) in [4.78, 5) is 11.7. The monoisotopic (exact) mass is 297 g/mol. The highest BCUT2D eigenvalue weighted by molar-refractivity contribution is 5.76. The zero-order valence-corrected chi connectivity index (χ0v) is 11.9. The number of amides is 1. The Balaban J connectivity index is 1.70. The Labute approximate surface area is 123 Å². The molecule has 2 rings (SSSR count). The molecule has 1 aromatic carbocycles. The number of halogens is 2. The lowest BCUT2D eigenvalue weighted by Crippen LogP contribution is -2.35. The van der Waals surface area contributed by atoms with Crippen LogP contribution in [-0.2, 0) is 11.2 Å². The van der Waals surface area contributed by atoms with Gasteiger partial charge in [0.15, 0.2) is 11.6 Å². The van der Waals surface area contributed by atoms with Gasteiger partial charge >= 0.3 is 0 Å². The summed E-state index contributed by atoms with van der Waals surface area (Å²) in [5.41, 5.74) is 0.584. The van der Waals surface area contributed by atoms with Crippen LogP contribution in [0.1, 0.15) is 37.7 Å². The molecule has 2 N–H and O–H groups in total. The molecule has 1 aliphatic carbocycles. The fourth-order valence-electron chi connectivity index (χ4n) is 2.77. The van der Waals surface area contributed by atoms with E-state index >= 15 is 0 Å². The lowest BCUT2D eigenvalue weighted by molar-refractivity contribution is -0.121. The van der Waals surface area contributed by atoms with Gasteiger partial charge < -0.3 is 10.4 Å². The predicted octanol–water partition coefficient (Wildman–Crippen LogP) is 2.56. The van der Waals surface area contributed by atoms with Gasteiger partial charge in [0.25, 0.3) is 0 Å². The van der Waals surface area contributed by atoms with Crippen molar-refractivity contribution in [1.29, 1.82) is 0 Å². The number of aliphatic hydroxyl groups is 1. The van der Waals surface area contributed by atoms with Gasteiger partial charge in [-0.1, -0.05) is 18.9 Å². The average molecular weight is 297 g/mol. The van der Waals surface area contributed by atoms with Crippen LogP contribution in [0.5, 0.6) is 0 Å². The van der Waals surface area contributed by atoms with E-state index in [1.54, 1.807) is 0 Å². The maximum atomic E-state index is 13.0. The van der Waals surface area contributed by atoms with Gasteiger partial charge in [0.2, 0.25) is 5.91 Å². The van der Waals surface area contributed by atoms with Gasteiger partial charge in [-0.15, -0.1) is 0 Å². The Hall–Kier alpha value is -1.49. The molecule has 0 spiro atoms. The number of carbonyl (C=O) groups excluding carboxylic acids is 1. The fourth-order valence-corrected chi connectivity index (χ4v) is 2.77. The second kappa shape index (κ2) is 7.50. The summed E-state index contributed by atoms with van der Waals surface area (Å²) in [5.74, 6) is -1.68. The molecule has 21 heavy (non-hydrogen) atoms. The van der Waals surface area contributed by atoms with E-state index in [1.165, 1.54) is 6.07 Å². The summed E-state index contributed by atoms with van der Waals surface area (Å²) in [7, 11) is 0. The van der Waals surface area contributed by atoms with E-state index in [0.717, 1.165) is 37.8 Å². The molecule has 0 bridgehead atoms. The molecule has 3 nitrogen and oxygen atoms in total. The molecule has 1 saturated carbocycles. The summed E-state index contributed by atoms with van der Waals surface area (Å²) in [6.07, 6.45) is 4.39. The van der Waals surface area contributed by atoms with Crippen LogP contribution in [0.15, 0.2) is 18.2 Å². The average Bonchev–Trinajstić information content (AvgIpc) is 3.00. The highest BCUT2D eigenvalue weighted by Gasteiger charge is 2.23. The second-order valence-electron chi connectivity index (χ2n) is 5.66. The molecule has 0 heterocycles. The van der Waals surface area contributed by atoms with Crippen molar-refractivity contribution in [2.45, 2.75) is 44.6 Å². The highest BCUT2D eigenvalue weighted by Crippen LogP contribution is 2.27. The molecule has 1 aromatic rings. The zero-order chi connectivity index (χ0) is 15.2. The lowest BCUT2D eigenvalue weighted by atomic mass is 10.0. The van der Waals surface area contributed by atoms with Crippen molar-refractivity contribution in [3.8, 4) is 0 Å². The quantitative estimate of drug-likeness (QED) is 0.848. The number of carbonyl (C=O) groups is 1. The Morgan fingerprint density at radius 1 is 1.29 bits per heavy atom. The van der Waals surface area contributed by atoms with Crippen LogP contribution in [0.2, 0.25) is 0 Å². The van der Waals surface area contributed by atoms with Crippen molar-refractivity contribution in [3.05, 3.63) is 35.4 Å². The SMILES string of the molecule is O=C(CCc1ccc(F)c(F)c1)NCC(O)C1CCCC1. The van der Waals surface area contributed by atoms with Gasteiger partial charge in [-0.05, 0) is 42.9 Å². The minimum atomic E-state index is -0.899. The molecule has 1 amide bonds. The van der Waals surface area contributed by atoms with E-state index in [0.29, 0.717) is 12.0 Å². The molecule has 1 fully saturated rings. The smallest absolute Gasteiger partial charge is 0.220 e. The van der Waals surface area contributed by atoms with Crippen LogP contribution >= 0.6 is 0 Å². The number of rotatable bonds is 6. The summed E-state index contributed by atoms with van der Waals surface area (Å²) in [5, 5.41) is 12.6. The van der Waals surface area contributed by atoms with Crippen molar-refractivity contribution < 1.29 is 18.7 Å². The Morgan fingerprint density at radius 2 is 2.00 bits per heavy atom. The topological polar surface area (TPSA) is 49.3 Å². The molecule has 0 aromatic heterocycles. The standard InChI is InChI=1S/C16H21F2NO2/c17-13-7-5-11(9-14(13)18)6-8-16(21)19-10-15(20)12-3-1-2-4-12/h5,7,9,12,15,20H,1-4,6,8,10H2,(H,19,21). The first-order chi connectivity index (χ1) is 10.1. The van der Waals surface area contributed by atoms with E-state index in [2.05, 4.69) is 5.32 Å². The third-order valence-corrected chi connectivity index (χ3v) is 4.08. The van der Waals surface area contributed by atoms with Crippen molar-refractivity contribution >= 4 is 5.91 Å². The molecular formula is C16H21F2NO2. The zero-order valence-electron chi connectivity index (χ0n) is 11.9. The number of aliphatic hydroxyl groups excluding tert-OH is 1. The van der Waals surface area contributed by atoms with Gasteiger partial charge in [0.05, 0.1) is 6.10 Å². The molecule has 1 unspecified atom stereocenters. The number of hydrogen-bond donors (Lipinski definition) is 2. The van der Waals surface area contributed by atoms with Crippen LogP contribution in [0.4, 0.5) is 8.78 Å². The van der Waals surface area contributed by atoms with Gasteiger partial charge in [0, 0.05) is 13.0 Å². The number of nitrogens with one attached hydrogen (secondary N) is 1. The largest absolute Gasteiger partial charge is 0.391 e. The molecular weight excluding hydrogens is 276 g/mol. The highest BCUT2D eigenvalue weighted by atomic mass is 19.2. The first kappa shape index (κ1) is 15.9. The molecule has 0 aliphatic heterocycles. The summed E-state index contributed by atoms with van der Waals surface area (Å²) in [6.45, 7) is 0.265. The van der Waals surface area contributed by atoms with E-state index in [1.807, 2.05) is 0 Å². The summed E-state index contributed by atoms with van der Waals surface area (Å²) >= 11 is 0. The Kier molecular flexibility index (Phi) is 5.67. The maximum absolute atomic E-state index is 13.0. The van der Waals surface area contributed by atoms with Crippen LogP contribution in [0.25, 0.3) is 0 Å². The van der Waals surface area contributed by atoms with Crippen molar-refractivity contribution in [2.24, 2.45) is 5.92 Å². The first-order valence-corrected chi connectivity index (χ1v) is 7.45. The molecule has 5 heteroatoms. The van der Waals surface area contributed by atoms with E-state index < -0.39 is 17.7 Å². The van der Waals surface area contributed by atoms with E-state index in [9.17, 15) is 18.7 Å². The first-order valence-electron chi connectivity index (χ1n) is 7.45. The predicted molar refractivity (Wildman–Crippen MR) is 75.7 cm³/mol. The van der Waals surface area contributed by atoms with Crippen molar-refractivity contribution in [1.82, 2.24) is 5.32 Å². The van der Waals surface area contributed by atoms with Crippen LogP contribution in [0.3, 0.4) is 0 Å². The minimum Gasteiger partial charge on any atom is -0.391 e. The maximum Gasteiger partial charge on any atom is 0.220 e. The van der Waals surface area contributed by atoms with Gasteiger partial charge in [-0.25, -0.2) is 8.78 Å². The summed E-state index contributed by atoms with van der Waals surface area (Å²) in [6, 6.07) is 3.64. The molecule has 1 atom stereocenters. The fraction of sp³-hybridized carbons (Fsp3) is 0.562. The molecule has 0 saturated heterocycles. The molecule has 116 valence electrons. The third kappa shape index (κ3) is 4.77. The lowest BCUT2D eigenvalue weighted by Gasteiger charge is -2.18. The number of benzene rings is 1. The third-order valence-electron chi connectivity index (χ3n) is 4.08. The molecule has 1 aliphatic rings. The van der Waals surface area contributed by atoms with Crippen LogP contribution in [0, 0.1) is 17.6 Å². The summed E-state index contributed by atoms with van der Waals surface area (Å²) < 4.78 is 25.8. The number of aryl methyl sites for hydroxylation is 1. The molecule has 0 radical (unpaired) electrons. The van der Waals surface area contributed by atoms with E-state index in [4.69, 9.17) is 0 Å². The van der Waals surface area contributed by atoms with Gasteiger partial charge in [-0.3, -0.25) is 4.79 Å². The van der Waals surface area contributed by atoms with E-state index in [-0.39, 0.29) is 24.8 Å². The second-order valence-corrected chi connectivity index (χ2v) is 5.66. The van der Waals surface area contributed by atoms with Crippen LogP contribution in [-0.4, -0.2) is 23.7 Å². The van der Waals surface area contributed by atoms with Gasteiger partial charge in [-0.2, -0.15) is 0 Å².